The fourth-order valence-corrected chi connectivity index (χ4v) is 7.81. The van der Waals surface area contributed by atoms with Gasteiger partial charge in [-0.25, -0.2) is 4.79 Å². The molecule has 1 heterocycles. The van der Waals surface area contributed by atoms with Crippen LogP contribution >= 0.6 is 0 Å². The summed E-state index contributed by atoms with van der Waals surface area (Å²) in [7, 11) is 0. The first kappa shape index (κ1) is 19.8. The molecule has 1 N–H and O–H groups in total. The molecule has 2 spiro atoms. The number of benzene rings is 1. The number of rotatable bonds is 5. The van der Waals surface area contributed by atoms with Crippen LogP contribution in [0.3, 0.4) is 0 Å². The summed E-state index contributed by atoms with van der Waals surface area (Å²) in [5.41, 5.74) is 3.83. The normalized spacial score (nSPS) is 36.5. The Morgan fingerprint density at radius 1 is 1.10 bits per heavy atom. The second-order valence-electron chi connectivity index (χ2n) is 11.0. The van der Waals surface area contributed by atoms with E-state index in [2.05, 4.69) is 60.5 Å². The zero-order valence-electron chi connectivity index (χ0n) is 19.1. The van der Waals surface area contributed by atoms with Gasteiger partial charge in [0.1, 0.15) is 0 Å². The molecule has 5 aliphatic rings. The molecule has 3 fully saturated rings. The van der Waals surface area contributed by atoms with Crippen LogP contribution in [0.4, 0.5) is 4.79 Å². The van der Waals surface area contributed by atoms with E-state index in [0.717, 1.165) is 42.7 Å². The molecule has 31 heavy (non-hydrogen) atoms. The van der Waals surface area contributed by atoms with E-state index in [-0.39, 0.29) is 17.5 Å². The molecular weight excluding hydrogens is 382 g/mol. The summed E-state index contributed by atoms with van der Waals surface area (Å²) in [6.45, 7) is 9.33. The Hall–Kier alpha value is -1.81. The lowest BCUT2D eigenvalue weighted by molar-refractivity contribution is 0.0354. The topological polar surface area (TPSA) is 35.6 Å². The first-order chi connectivity index (χ1) is 15.1. The summed E-state index contributed by atoms with van der Waals surface area (Å²) in [5, 5.41) is 3.37. The number of fused-ring (bicyclic) bond motifs is 2. The monoisotopic (exact) mass is 419 g/mol. The Balaban J connectivity index is 1.12. The van der Waals surface area contributed by atoms with Gasteiger partial charge in [-0.2, -0.15) is 0 Å². The van der Waals surface area contributed by atoms with Gasteiger partial charge in [-0.15, -0.1) is 0 Å². The molecule has 6 rings (SSSR count). The number of nitrogens with zero attached hydrogens (tertiary/aromatic N) is 2. The molecule has 0 radical (unpaired) electrons. The number of hydrogen-bond acceptors (Lipinski definition) is 2. The van der Waals surface area contributed by atoms with Gasteiger partial charge >= 0.3 is 6.03 Å². The minimum atomic E-state index is 0.0844. The third-order valence-electron chi connectivity index (χ3n) is 9.70. The van der Waals surface area contributed by atoms with Crippen molar-refractivity contribution in [3.05, 3.63) is 47.5 Å². The van der Waals surface area contributed by atoms with Crippen LogP contribution < -0.4 is 5.32 Å². The van der Waals surface area contributed by atoms with E-state index >= 15 is 0 Å². The van der Waals surface area contributed by atoms with Crippen molar-refractivity contribution in [1.29, 1.82) is 0 Å². The molecule has 166 valence electrons. The number of urea groups is 1. The van der Waals surface area contributed by atoms with Crippen LogP contribution in [0.25, 0.3) is 0 Å². The predicted octanol–water partition coefficient (Wildman–Crippen LogP) is 4.73. The zero-order valence-corrected chi connectivity index (χ0v) is 19.1. The lowest BCUT2D eigenvalue weighted by Gasteiger charge is -2.48. The molecule has 2 saturated carbocycles. The highest BCUT2D eigenvalue weighted by atomic mass is 16.2. The average Bonchev–Trinajstić information content (AvgIpc) is 3.34. The van der Waals surface area contributed by atoms with Gasteiger partial charge in [0.25, 0.3) is 0 Å². The minimum Gasteiger partial charge on any atom is -0.331 e. The molecule has 4 aliphatic carbocycles. The number of carbonyl (C=O) groups is 1. The smallest absolute Gasteiger partial charge is 0.317 e. The molecule has 2 amide bonds. The lowest BCUT2D eigenvalue weighted by atomic mass is 9.62. The quantitative estimate of drug-likeness (QED) is 0.701. The van der Waals surface area contributed by atoms with Crippen molar-refractivity contribution in [2.75, 3.05) is 32.7 Å². The summed E-state index contributed by atoms with van der Waals surface area (Å²) in [6, 6.07) is 9.14. The van der Waals surface area contributed by atoms with E-state index in [1.807, 2.05) is 4.90 Å². The van der Waals surface area contributed by atoms with Gasteiger partial charge < -0.3 is 15.1 Å². The Morgan fingerprint density at radius 3 is 2.58 bits per heavy atom. The first-order valence-electron chi connectivity index (χ1n) is 12.6. The first-order valence-corrected chi connectivity index (χ1v) is 12.6. The average molecular weight is 420 g/mol. The van der Waals surface area contributed by atoms with Gasteiger partial charge in [-0.1, -0.05) is 36.4 Å². The van der Waals surface area contributed by atoms with Gasteiger partial charge in [0.2, 0.25) is 0 Å². The van der Waals surface area contributed by atoms with Crippen LogP contribution in [0.5, 0.6) is 0 Å². The molecule has 1 saturated heterocycles. The maximum atomic E-state index is 12.8. The molecule has 1 aromatic rings. The van der Waals surface area contributed by atoms with Gasteiger partial charge in [-0.3, -0.25) is 0 Å². The van der Waals surface area contributed by atoms with Crippen LogP contribution in [0.2, 0.25) is 0 Å². The summed E-state index contributed by atoms with van der Waals surface area (Å²) in [4.78, 5) is 17.4. The van der Waals surface area contributed by atoms with Crippen molar-refractivity contribution < 1.29 is 4.79 Å². The number of hydrogen-bond donors (Lipinski definition) is 1. The predicted molar refractivity (Wildman–Crippen MR) is 124 cm³/mol. The maximum absolute atomic E-state index is 12.8. The molecule has 4 nitrogen and oxygen atoms in total. The number of nitrogens with one attached hydrogen (secondary N) is 1. The second kappa shape index (κ2) is 7.10. The Kier molecular flexibility index (Phi) is 4.54. The van der Waals surface area contributed by atoms with E-state index < -0.39 is 0 Å². The highest BCUT2D eigenvalue weighted by Gasteiger charge is 2.68. The fourth-order valence-electron chi connectivity index (χ4n) is 7.81. The summed E-state index contributed by atoms with van der Waals surface area (Å²) >= 11 is 0. The number of likely N-dealkylation sites (tertiary alicyclic amines) is 1. The van der Waals surface area contributed by atoms with E-state index in [0.29, 0.717) is 0 Å². The SMILES string of the molecule is CCN(CC)C(=O)N[C@H]1CC2(CCN(CC3CC45CC4C=CC35)CC2)c2ccccc21. The molecule has 1 aromatic carbocycles. The third-order valence-corrected chi connectivity index (χ3v) is 9.70. The van der Waals surface area contributed by atoms with Crippen LogP contribution in [0.15, 0.2) is 36.4 Å². The van der Waals surface area contributed by atoms with Gasteiger partial charge in [0, 0.05) is 25.0 Å². The largest absolute Gasteiger partial charge is 0.331 e. The molecule has 5 atom stereocenters. The lowest BCUT2D eigenvalue weighted by Crippen LogP contribution is -2.48. The summed E-state index contributed by atoms with van der Waals surface area (Å²) in [6.07, 6.45) is 11.5. The van der Waals surface area contributed by atoms with Crippen LogP contribution in [-0.2, 0) is 5.41 Å². The van der Waals surface area contributed by atoms with Gasteiger partial charge in [-0.05, 0) is 93.3 Å². The maximum Gasteiger partial charge on any atom is 0.317 e. The molecule has 0 aromatic heterocycles. The minimum absolute atomic E-state index is 0.0844. The fraction of sp³-hybridized carbons (Fsp3) is 0.667. The summed E-state index contributed by atoms with van der Waals surface area (Å²) in [5.74, 6) is 2.73. The van der Waals surface area contributed by atoms with Crippen LogP contribution in [-0.4, -0.2) is 48.6 Å². The second-order valence-corrected chi connectivity index (χ2v) is 11.0. The van der Waals surface area contributed by atoms with Crippen molar-refractivity contribution in [2.45, 2.75) is 57.4 Å². The molecule has 1 aliphatic heterocycles. The number of amides is 2. The molecule has 0 bridgehead atoms. The molecular formula is C27H37N3O. The number of piperidine rings is 1. The highest BCUT2D eigenvalue weighted by Crippen LogP contribution is 2.75. The van der Waals surface area contributed by atoms with E-state index in [1.165, 1.54) is 56.4 Å². The number of allylic oxidation sites excluding steroid dienone is 2. The molecule has 4 heteroatoms. The van der Waals surface area contributed by atoms with Gasteiger partial charge in [0.05, 0.1) is 6.04 Å². The van der Waals surface area contributed by atoms with E-state index in [1.54, 1.807) is 0 Å². The third kappa shape index (κ3) is 2.93. The molecule has 4 unspecified atom stereocenters. The standard InChI is InChI=1S/C27H37N3O/c1-3-30(4-2)25(31)28-24-17-26(23-8-6-5-7-21(23)24)11-13-29(14-12-26)18-19-15-27-16-20(27)9-10-22(19)27/h5-10,19-20,22,24H,3-4,11-18H2,1-2H3,(H,28,31)/t19?,20?,22?,24-,27?/m0/s1. The Labute approximate surface area is 187 Å². The van der Waals surface area contributed by atoms with Crippen molar-refractivity contribution in [3.63, 3.8) is 0 Å². The van der Waals surface area contributed by atoms with Crippen molar-refractivity contribution in [1.82, 2.24) is 15.1 Å². The summed E-state index contributed by atoms with van der Waals surface area (Å²) < 4.78 is 0. The van der Waals surface area contributed by atoms with Crippen LogP contribution in [0.1, 0.15) is 63.1 Å². The Bertz CT molecular complexity index is 897. The Morgan fingerprint density at radius 2 is 1.87 bits per heavy atom. The number of carbonyl (C=O) groups excluding carboxylic acids is 1. The zero-order chi connectivity index (χ0) is 21.2. The van der Waals surface area contributed by atoms with Crippen molar-refractivity contribution in [2.24, 2.45) is 23.2 Å². The van der Waals surface area contributed by atoms with E-state index in [9.17, 15) is 4.79 Å². The van der Waals surface area contributed by atoms with Crippen LogP contribution in [0, 0.1) is 23.2 Å². The van der Waals surface area contributed by atoms with Gasteiger partial charge in [0.15, 0.2) is 0 Å². The van der Waals surface area contributed by atoms with Crippen molar-refractivity contribution >= 4 is 6.03 Å². The highest BCUT2D eigenvalue weighted by molar-refractivity contribution is 5.75. The van der Waals surface area contributed by atoms with E-state index in [4.69, 9.17) is 0 Å². The van der Waals surface area contributed by atoms with Crippen molar-refractivity contribution in [3.8, 4) is 0 Å².